The van der Waals surface area contributed by atoms with Gasteiger partial charge in [-0.25, -0.2) is 8.42 Å². The minimum Gasteiger partial charge on any atom is -0.355 e. The van der Waals surface area contributed by atoms with Gasteiger partial charge in [0, 0.05) is 18.1 Å². The van der Waals surface area contributed by atoms with Crippen molar-refractivity contribution in [3.05, 3.63) is 94.0 Å². The summed E-state index contributed by atoms with van der Waals surface area (Å²) in [5, 5.41) is 3.20. The van der Waals surface area contributed by atoms with E-state index in [0.717, 1.165) is 21.0 Å². The van der Waals surface area contributed by atoms with E-state index in [1.54, 1.807) is 62.4 Å². The molecule has 0 spiro atoms. The first kappa shape index (κ1) is 29.2. The van der Waals surface area contributed by atoms with Crippen LogP contribution in [-0.4, -0.2) is 44.3 Å². The molecule has 0 aliphatic rings. The number of anilines is 1. The number of carbonyl (C=O) groups is 2. The molecule has 0 aromatic heterocycles. The first-order valence-electron chi connectivity index (χ1n) is 12.4. The summed E-state index contributed by atoms with van der Waals surface area (Å²) in [5.74, 6) is -0.870. The average molecular weight is 556 g/mol. The van der Waals surface area contributed by atoms with Gasteiger partial charge >= 0.3 is 0 Å². The first-order chi connectivity index (χ1) is 17.9. The lowest BCUT2D eigenvalue weighted by atomic mass is 10.1. The van der Waals surface area contributed by atoms with Crippen LogP contribution in [0.1, 0.15) is 36.1 Å². The van der Waals surface area contributed by atoms with Crippen molar-refractivity contribution >= 4 is 39.1 Å². The number of aryl methyl sites for hydroxylation is 3. The highest BCUT2D eigenvalue weighted by Gasteiger charge is 2.32. The fourth-order valence-electron chi connectivity index (χ4n) is 4.18. The largest absolute Gasteiger partial charge is 0.355 e. The molecule has 3 rings (SSSR count). The molecule has 0 aliphatic carbocycles. The molecule has 0 bridgehead atoms. The fourth-order valence-corrected chi connectivity index (χ4v) is 5.77. The molecular formula is C29H34ClN3O4S. The Kier molecular flexibility index (Phi) is 9.57. The quantitative estimate of drug-likeness (QED) is 0.381. The predicted molar refractivity (Wildman–Crippen MR) is 152 cm³/mol. The third-order valence-electron chi connectivity index (χ3n) is 6.20. The van der Waals surface area contributed by atoms with Crippen molar-refractivity contribution in [1.29, 1.82) is 0 Å². The number of carbonyl (C=O) groups excluding carboxylic acids is 2. The van der Waals surface area contributed by atoms with E-state index in [1.165, 1.54) is 17.0 Å². The van der Waals surface area contributed by atoms with Crippen molar-refractivity contribution in [2.45, 2.75) is 52.1 Å². The number of sulfonamides is 1. The Hall–Kier alpha value is -3.36. The second-order valence-corrected chi connectivity index (χ2v) is 11.6. The summed E-state index contributed by atoms with van der Waals surface area (Å²) < 4.78 is 28.9. The molecule has 202 valence electrons. The lowest BCUT2D eigenvalue weighted by Crippen LogP contribution is -2.51. The number of amides is 2. The van der Waals surface area contributed by atoms with Gasteiger partial charge in [-0.1, -0.05) is 53.6 Å². The molecule has 2 amide bonds. The number of likely N-dealkylation sites (N-methyl/N-ethyl adjacent to an activating group) is 1. The van der Waals surface area contributed by atoms with Crippen LogP contribution in [0.3, 0.4) is 0 Å². The first-order valence-corrected chi connectivity index (χ1v) is 14.2. The Balaban J connectivity index is 2.08. The molecule has 0 heterocycles. The van der Waals surface area contributed by atoms with E-state index in [9.17, 15) is 18.0 Å². The zero-order chi connectivity index (χ0) is 28.0. The Labute approximate surface area is 230 Å². The van der Waals surface area contributed by atoms with Crippen LogP contribution in [0.4, 0.5) is 5.69 Å². The number of nitrogens with one attached hydrogen (secondary N) is 1. The highest BCUT2D eigenvalue weighted by Crippen LogP contribution is 2.27. The standard InChI is InChI=1S/C29H34ClN3O4S/c1-6-31-29(35)23(5)32(18-24-9-7-8-10-27(24)30)28(34)19-33(25-16-21(3)15-22(4)17-25)38(36,37)26-13-11-20(2)12-14-26/h7-17,23H,6,18-19H2,1-5H3,(H,31,35)/t23-/m1/s1. The number of nitrogens with zero attached hydrogens (tertiary/aromatic N) is 2. The van der Waals surface area contributed by atoms with Gasteiger partial charge in [-0.2, -0.15) is 0 Å². The fraction of sp³-hybridized carbons (Fsp3) is 0.310. The molecule has 0 aliphatic heterocycles. The highest BCUT2D eigenvalue weighted by molar-refractivity contribution is 7.92. The second kappa shape index (κ2) is 12.5. The molecule has 0 fully saturated rings. The lowest BCUT2D eigenvalue weighted by molar-refractivity contribution is -0.139. The number of halogens is 1. The molecule has 1 N–H and O–H groups in total. The Morgan fingerprint density at radius 1 is 0.921 bits per heavy atom. The molecule has 38 heavy (non-hydrogen) atoms. The van der Waals surface area contributed by atoms with Crippen LogP contribution in [0.2, 0.25) is 5.02 Å². The van der Waals surface area contributed by atoms with E-state index in [0.29, 0.717) is 22.8 Å². The van der Waals surface area contributed by atoms with Crippen molar-refractivity contribution in [2.75, 3.05) is 17.4 Å². The maximum absolute atomic E-state index is 13.9. The lowest BCUT2D eigenvalue weighted by Gasteiger charge is -2.32. The van der Waals surface area contributed by atoms with Crippen LogP contribution in [0.25, 0.3) is 0 Å². The predicted octanol–water partition coefficient (Wildman–Crippen LogP) is 5.01. The van der Waals surface area contributed by atoms with E-state index in [4.69, 9.17) is 11.6 Å². The van der Waals surface area contributed by atoms with Crippen LogP contribution >= 0.6 is 11.6 Å². The minimum absolute atomic E-state index is 0.0437. The van der Waals surface area contributed by atoms with E-state index >= 15 is 0 Å². The van der Waals surface area contributed by atoms with Crippen molar-refractivity contribution in [3.8, 4) is 0 Å². The summed E-state index contributed by atoms with van der Waals surface area (Å²) in [7, 11) is -4.11. The maximum atomic E-state index is 13.9. The van der Waals surface area contributed by atoms with E-state index in [-0.39, 0.29) is 17.3 Å². The summed E-state index contributed by atoms with van der Waals surface area (Å²) in [6.45, 7) is 8.97. The van der Waals surface area contributed by atoms with E-state index in [2.05, 4.69) is 5.32 Å². The van der Waals surface area contributed by atoms with Crippen molar-refractivity contribution in [3.63, 3.8) is 0 Å². The number of benzene rings is 3. The molecular weight excluding hydrogens is 522 g/mol. The third-order valence-corrected chi connectivity index (χ3v) is 8.36. The molecule has 3 aromatic rings. The molecule has 0 saturated carbocycles. The average Bonchev–Trinajstić information content (AvgIpc) is 2.86. The second-order valence-electron chi connectivity index (χ2n) is 9.35. The highest BCUT2D eigenvalue weighted by atomic mass is 35.5. The monoisotopic (exact) mass is 555 g/mol. The molecule has 9 heteroatoms. The van der Waals surface area contributed by atoms with Gasteiger partial charge in [0.2, 0.25) is 11.8 Å². The Morgan fingerprint density at radius 2 is 1.53 bits per heavy atom. The zero-order valence-electron chi connectivity index (χ0n) is 22.4. The number of hydrogen-bond donors (Lipinski definition) is 1. The minimum atomic E-state index is -4.11. The molecule has 1 atom stereocenters. The molecule has 0 unspecified atom stereocenters. The summed E-state index contributed by atoms with van der Waals surface area (Å²) in [6, 6.07) is 18.1. The van der Waals surface area contributed by atoms with Gasteiger partial charge in [-0.05, 0) is 81.6 Å². The Bertz CT molecular complexity index is 1390. The van der Waals surface area contributed by atoms with Crippen molar-refractivity contribution < 1.29 is 18.0 Å². The van der Waals surface area contributed by atoms with Gasteiger partial charge < -0.3 is 10.2 Å². The van der Waals surface area contributed by atoms with Gasteiger partial charge in [0.25, 0.3) is 10.0 Å². The summed E-state index contributed by atoms with van der Waals surface area (Å²) in [4.78, 5) is 28.1. The van der Waals surface area contributed by atoms with E-state index < -0.39 is 28.5 Å². The van der Waals surface area contributed by atoms with E-state index in [1.807, 2.05) is 26.8 Å². The van der Waals surface area contributed by atoms with Gasteiger partial charge in [-0.3, -0.25) is 13.9 Å². The maximum Gasteiger partial charge on any atom is 0.264 e. The third kappa shape index (κ3) is 6.94. The Morgan fingerprint density at radius 3 is 2.11 bits per heavy atom. The van der Waals surface area contributed by atoms with Crippen LogP contribution in [0.5, 0.6) is 0 Å². The molecule has 0 saturated heterocycles. The van der Waals surface area contributed by atoms with Gasteiger partial charge in [-0.15, -0.1) is 0 Å². The van der Waals surface area contributed by atoms with Crippen LogP contribution in [0, 0.1) is 20.8 Å². The summed E-state index contributed by atoms with van der Waals surface area (Å²) in [5.41, 5.74) is 3.66. The number of hydrogen-bond acceptors (Lipinski definition) is 4. The molecule has 7 nitrogen and oxygen atoms in total. The molecule has 3 aromatic carbocycles. The van der Waals surface area contributed by atoms with Crippen LogP contribution < -0.4 is 9.62 Å². The SMILES string of the molecule is CCNC(=O)[C@@H](C)N(Cc1ccccc1Cl)C(=O)CN(c1cc(C)cc(C)c1)S(=O)(=O)c1ccc(C)cc1. The normalized spacial score (nSPS) is 12.1. The molecule has 0 radical (unpaired) electrons. The topological polar surface area (TPSA) is 86.8 Å². The smallest absolute Gasteiger partial charge is 0.264 e. The van der Waals surface area contributed by atoms with Gasteiger partial charge in [0.15, 0.2) is 0 Å². The van der Waals surface area contributed by atoms with Gasteiger partial charge in [0.05, 0.1) is 10.6 Å². The summed E-state index contributed by atoms with van der Waals surface area (Å²) >= 11 is 6.38. The zero-order valence-corrected chi connectivity index (χ0v) is 23.9. The van der Waals surface area contributed by atoms with Crippen LogP contribution in [-0.2, 0) is 26.2 Å². The summed E-state index contributed by atoms with van der Waals surface area (Å²) in [6.07, 6.45) is 0. The number of rotatable bonds is 10. The van der Waals surface area contributed by atoms with Crippen molar-refractivity contribution in [2.24, 2.45) is 0 Å². The van der Waals surface area contributed by atoms with Gasteiger partial charge in [0.1, 0.15) is 12.6 Å². The van der Waals surface area contributed by atoms with Crippen LogP contribution in [0.15, 0.2) is 71.6 Å². The van der Waals surface area contributed by atoms with Crippen molar-refractivity contribution in [1.82, 2.24) is 10.2 Å².